The van der Waals surface area contributed by atoms with E-state index in [2.05, 4.69) is 22.4 Å². The quantitative estimate of drug-likeness (QED) is 0.875. The molecule has 1 aliphatic heterocycles. The third kappa shape index (κ3) is 3.75. The fraction of sp³-hybridized carbons (Fsp3) is 0.500. The second-order valence-electron chi connectivity index (χ2n) is 6.22. The number of nitrogens with one attached hydrogen (secondary N) is 1. The maximum absolute atomic E-state index is 12.1. The standard InChI is InChI=1S/C18H24N4O2/c1-3-7-16-20-18(24-21-16)13(2)19-14-8-6-9-15(12-14)22-11-5-4-10-17(22)23/h6,8-9,12-13,19H,3-5,7,10-11H2,1-2H3. The summed E-state index contributed by atoms with van der Waals surface area (Å²) in [5.41, 5.74) is 1.88. The number of carbonyl (C=O) groups excluding carboxylic acids is 1. The Hall–Kier alpha value is -2.37. The lowest BCUT2D eigenvalue weighted by molar-refractivity contribution is -0.119. The van der Waals surface area contributed by atoms with Gasteiger partial charge in [-0.1, -0.05) is 18.1 Å². The van der Waals surface area contributed by atoms with Crippen LogP contribution in [-0.4, -0.2) is 22.6 Å². The number of carbonyl (C=O) groups is 1. The smallest absolute Gasteiger partial charge is 0.248 e. The molecule has 0 aliphatic carbocycles. The van der Waals surface area contributed by atoms with Crippen LogP contribution in [0.5, 0.6) is 0 Å². The lowest BCUT2D eigenvalue weighted by Gasteiger charge is -2.27. The van der Waals surface area contributed by atoms with Crippen LogP contribution in [0.3, 0.4) is 0 Å². The molecule has 1 unspecified atom stereocenters. The number of amides is 1. The van der Waals surface area contributed by atoms with Gasteiger partial charge in [0.1, 0.15) is 6.04 Å². The molecule has 128 valence electrons. The number of anilines is 2. The Bertz CT molecular complexity index is 698. The zero-order valence-corrected chi connectivity index (χ0v) is 14.3. The number of rotatable bonds is 6. The summed E-state index contributed by atoms with van der Waals surface area (Å²) in [6.07, 6.45) is 4.50. The zero-order chi connectivity index (χ0) is 16.9. The Morgan fingerprint density at radius 1 is 1.38 bits per heavy atom. The molecule has 1 aliphatic rings. The minimum absolute atomic E-state index is 0.0876. The average Bonchev–Trinajstić information content (AvgIpc) is 3.05. The fourth-order valence-electron chi connectivity index (χ4n) is 2.92. The van der Waals surface area contributed by atoms with Gasteiger partial charge in [-0.25, -0.2) is 0 Å². The van der Waals surface area contributed by atoms with Crippen molar-refractivity contribution in [2.24, 2.45) is 0 Å². The van der Waals surface area contributed by atoms with Gasteiger partial charge >= 0.3 is 0 Å². The summed E-state index contributed by atoms with van der Waals surface area (Å²) in [5, 5.41) is 7.36. The van der Waals surface area contributed by atoms with Crippen molar-refractivity contribution in [3.63, 3.8) is 0 Å². The van der Waals surface area contributed by atoms with Crippen molar-refractivity contribution in [2.75, 3.05) is 16.8 Å². The number of aromatic nitrogens is 2. The van der Waals surface area contributed by atoms with Crippen LogP contribution in [0.1, 0.15) is 57.3 Å². The van der Waals surface area contributed by atoms with E-state index in [0.29, 0.717) is 12.3 Å². The van der Waals surface area contributed by atoms with Gasteiger partial charge in [-0.15, -0.1) is 0 Å². The molecule has 1 fully saturated rings. The van der Waals surface area contributed by atoms with Gasteiger partial charge in [0.25, 0.3) is 0 Å². The van der Waals surface area contributed by atoms with Crippen molar-refractivity contribution >= 4 is 17.3 Å². The summed E-state index contributed by atoms with van der Waals surface area (Å²) in [6.45, 7) is 4.87. The van der Waals surface area contributed by atoms with E-state index in [1.54, 1.807) is 0 Å². The number of nitrogens with zero attached hydrogens (tertiary/aromatic N) is 3. The van der Waals surface area contributed by atoms with Gasteiger partial charge in [-0.05, 0) is 44.4 Å². The maximum Gasteiger partial charge on any atom is 0.248 e. The first-order valence-corrected chi connectivity index (χ1v) is 8.67. The second kappa shape index (κ2) is 7.47. The SMILES string of the molecule is CCCc1noc(C(C)Nc2cccc(N3CCCCC3=O)c2)n1. The maximum atomic E-state index is 12.1. The molecule has 0 saturated carbocycles. The highest BCUT2D eigenvalue weighted by molar-refractivity contribution is 5.94. The number of hydrogen-bond donors (Lipinski definition) is 1. The first-order valence-electron chi connectivity index (χ1n) is 8.67. The van der Waals surface area contributed by atoms with Gasteiger partial charge in [0.15, 0.2) is 5.82 Å². The van der Waals surface area contributed by atoms with E-state index < -0.39 is 0 Å². The van der Waals surface area contributed by atoms with Gasteiger partial charge in [-0.3, -0.25) is 4.79 Å². The number of aryl methyl sites for hydroxylation is 1. The van der Waals surface area contributed by atoms with Crippen molar-refractivity contribution in [3.05, 3.63) is 36.0 Å². The second-order valence-corrected chi connectivity index (χ2v) is 6.22. The minimum atomic E-state index is -0.0876. The van der Waals surface area contributed by atoms with E-state index in [4.69, 9.17) is 4.52 Å². The monoisotopic (exact) mass is 328 g/mol. The molecule has 24 heavy (non-hydrogen) atoms. The first kappa shape index (κ1) is 16.5. The van der Waals surface area contributed by atoms with Crippen molar-refractivity contribution < 1.29 is 9.32 Å². The van der Waals surface area contributed by atoms with Gasteiger partial charge in [0.2, 0.25) is 11.8 Å². The highest BCUT2D eigenvalue weighted by atomic mass is 16.5. The highest BCUT2D eigenvalue weighted by Crippen LogP contribution is 2.26. The molecule has 2 aromatic rings. The van der Waals surface area contributed by atoms with Crippen LogP contribution in [0.4, 0.5) is 11.4 Å². The van der Waals surface area contributed by atoms with Crippen LogP contribution in [-0.2, 0) is 11.2 Å². The van der Waals surface area contributed by atoms with E-state index in [1.165, 1.54) is 0 Å². The van der Waals surface area contributed by atoms with Gasteiger partial charge in [0, 0.05) is 30.8 Å². The zero-order valence-electron chi connectivity index (χ0n) is 14.3. The molecule has 1 N–H and O–H groups in total. The highest BCUT2D eigenvalue weighted by Gasteiger charge is 2.20. The molecule has 1 aromatic heterocycles. The molecule has 1 amide bonds. The van der Waals surface area contributed by atoms with E-state index in [9.17, 15) is 4.79 Å². The Morgan fingerprint density at radius 3 is 3.04 bits per heavy atom. The van der Waals surface area contributed by atoms with Crippen LogP contribution < -0.4 is 10.2 Å². The van der Waals surface area contributed by atoms with Crippen LogP contribution in [0.25, 0.3) is 0 Å². The molecule has 0 spiro atoms. The fourth-order valence-corrected chi connectivity index (χ4v) is 2.92. The average molecular weight is 328 g/mol. The van der Waals surface area contributed by atoms with E-state index >= 15 is 0 Å². The topological polar surface area (TPSA) is 71.3 Å². The van der Waals surface area contributed by atoms with Crippen molar-refractivity contribution in [1.29, 1.82) is 0 Å². The largest absolute Gasteiger partial charge is 0.374 e. The Balaban J connectivity index is 1.70. The van der Waals surface area contributed by atoms with Gasteiger partial charge in [0.05, 0.1) is 0 Å². The van der Waals surface area contributed by atoms with E-state index in [0.717, 1.165) is 49.4 Å². The molecule has 3 rings (SSSR count). The van der Waals surface area contributed by atoms with Crippen molar-refractivity contribution in [2.45, 2.75) is 52.0 Å². The van der Waals surface area contributed by atoms with Crippen LogP contribution >= 0.6 is 0 Å². The molecule has 1 aromatic carbocycles. The summed E-state index contributed by atoms with van der Waals surface area (Å²) in [4.78, 5) is 18.4. The lowest BCUT2D eigenvalue weighted by Crippen LogP contribution is -2.35. The number of hydrogen-bond acceptors (Lipinski definition) is 5. The molecule has 6 heteroatoms. The van der Waals surface area contributed by atoms with Gasteiger partial charge in [-0.2, -0.15) is 4.98 Å². The predicted molar refractivity (Wildman–Crippen MR) is 93.0 cm³/mol. The summed E-state index contributed by atoms with van der Waals surface area (Å²) in [7, 11) is 0. The van der Waals surface area contributed by atoms with E-state index in [1.807, 2.05) is 36.1 Å². The number of benzene rings is 1. The third-order valence-corrected chi connectivity index (χ3v) is 4.19. The molecule has 0 radical (unpaired) electrons. The summed E-state index contributed by atoms with van der Waals surface area (Å²) in [6, 6.07) is 7.84. The van der Waals surface area contributed by atoms with E-state index in [-0.39, 0.29) is 11.9 Å². The third-order valence-electron chi connectivity index (χ3n) is 4.19. The van der Waals surface area contributed by atoms with Gasteiger partial charge < -0.3 is 14.7 Å². The number of piperidine rings is 1. The van der Waals surface area contributed by atoms with Crippen molar-refractivity contribution in [1.82, 2.24) is 10.1 Å². The molecule has 1 saturated heterocycles. The summed E-state index contributed by atoms with van der Waals surface area (Å²) in [5.74, 6) is 1.53. The molecule has 2 heterocycles. The Morgan fingerprint density at radius 2 is 2.25 bits per heavy atom. The Labute approximate surface area is 142 Å². The van der Waals surface area contributed by atoms with Crippen molar-refractivity contribution in [3.8, 4) is 0 Å². The molecular formula is C18H24N4O2. The van der Waals surface area contributed by atoms with Crippen LogP contribution in [0.2, 0.25) is 0 Å². The van der Waals surface area contributed by atoms with Crippen LogP contribution in [0, 0.1) is 0 Å². The predicted octanol–water partition coefficient (Wildman–Crippen LogP) is 3.71. The lowest BCUT2D eigenvalue weighted by atomic mass is 10.1. The summed E-state index contributed by atoms with van der Waals surface area (Å²) < 4.78 is 5.33. The molecule has 0 bridgehead atoms. The Kier molecular flexibility index (Phi) is 5.13. The minimum Gasteiger partial charge on any atom is -0.374 e. The molecule has 6 nitrogen and oxygen atoms in total. The normalized spacial score (nSPS) is 16.2. The first-order chi connectivity index (χ1) is 11.7. The summed E-state index contributed by atoms with van der Waals surface area (Å²) >= 11 is 0. The molecule has 1 atom stereocenters. The molecular weight excluding hydrogens is 304 g/mol. The van der Waals surface area contributed by atoms with Crippen LogP contribution in [0.15, 0.2) is 28.8 Å².